The predicted octanol–water partition coefficient (Wildman–Crippen LogP) is 4.21. The smallest absolute Gasteiger partial charge is 0.227 e. The minimum atomic E-state index is 0.0556. The molecule has 0 saturated heterocycles. The van der Waals surface area contributed by atoms with E-state index < -0.39 is 0 Å². The van der Waals surface area contributed by atoms with Gasteiger partial charge in [0.05, 0.1) is 12.3 Å². The summed E-state index contributed by atoms with van der Waals surface area (Å²) in [5, 5.41) is 10.7. The first-order chi connectivity index (χ1) is 14.6. The van der Waals surface area contributed by atoms with Gasteiger partial charge >= 0.3 is 0 Å². The number of carbonyl (C=O) groups is 1. The standard InChI is InChI=1S/C22H31N5O3/c1-5-7-8-16(6-2)22(28)23-18-11-9-17(10-12-18)20-24-21-19(30-14-13-29-4)15(3)25-27(21)26-20/h9-12,16,25H,5-8,13-14H2,1-4H3,(H,23,28). The van der Waals surface area contributed by atoms with Crippen LogP contribution in [0.1, 0.15) is 45.2 Å². The predicted molar refractivity (Wildman–Crippen MR) is 117 cm³/mol. The van der Waals surface area contributed by atoms with E-state index in [1.54, 1.807) is 11.7 Å². The van der Waals surface area contributed by atoms with Crippen LogP contribution >= 0.6 is 0 Å². The van der Waals surface area contributed by atoms with Gasteiger partial charge in [-0.15, -0.1) is 9.73 Å². The van der Waals surface area contributed by atoms with E-state index in [2.05, 4.69) is 34.3 Å². The second-order valence-corrected chi connectivity index (χ2v) is 7.39. The van der Waals surface area contributed by atoms with Crippen molar-refractivity contribution < 1.29 is 14.3 Å². The Hall–Kier alpha value is -2.87. The molecule has 1 amide bonds. The van der Waals surface area contributed by atoms with Crippen molar-refractivity contribution in [2.45, 2.75) is 46.5 Å². The number of benzene rings is 1. The summed E-state index contributed by atoms with van der Waals surface area (Å²) >= 11 is 0. The van der Waals surface area contributed by atoms with Crippen molar-refractivity contribution in [1.29, 1.82) is 0 Å². The van der Waals surface area contributed by atoms with Crippen molar-refractivity contribution in [2.75, 3.05) is 25.6 Å². The number of rotatable bonds is 11. The molecule has 8 nitrogen and oxygen atoms in total. The Bertz CT molecular complexity index is 961. The topological polar surface area (TPSA) is 93.5 Å². The van der Waals surface area contributed by atoms with Gasteiger partial charge in [0.25, 0.3) is 0 Å². The lowest BCUT2D eigenvalue weighted by atomic mass is 9.98. The highest BCUT2D eigenvalue weighted by Gasteiger charge is 2.18. The van der Waals surface area contributed by atoms with Crippen molar-refractivity contribution >= 4 is 17.2 Å². The summed E-state index contributed by atoms with van der Waals surface area (Å²) in [6.07, 6.45) is 3.95. The molecule has 8 heteroatoms. The molecule has 0 fully saturated rings. The van der Waals surface area contributed by atoms with E-state index >= 15 is 0 Å². The van der Waals surface area contributed by atoms with Gasteiger partial charge in [0.1, 0.15) is 6.61 Å². The number of anilines is 1. The van der Waals surface area contributed by atoms with Gasteiger partial charge in [0.2, 0.25) is 11.6 Å². The Labute approximate surface area is 177 Å². The zero-order valence-electron chi connectivity index (χ0n) is 18.2. The number of aromatic amines is 1. The third-order valence-electron chi connectivity index (χ3n) is 5.14. The van der Waals surface area contributed by atoms with E-state index in [1.807, 2.05) is 31.2 Å². The quantitative estimate of drug-likeness (QED) is 0.459. The van der Waals surface area contributed by atoms with E-state index in [9.17, 15) is 4.79 Å². The van der Waals surface area contributed by atoms with Gasteiger partial charge in [-0.25, -0.2) is 4.98 Å². The Balaban J connectivity index is 1.71. The molecule has 2 aromatic heterocycles. The molecule has 30 heavy (non-hydrogen) atoms. The number of hydrogen-bond donors (Lipinski definition) is 2. The molecule has 2 N–H and O–H groups in total. The highest BCUT2D eigenvalue weighted by atomic mass is 16.5. The molecule has 0 aliphatic carbocycles. The van der Waals surface area contributed by atoms with E-state index in [0.717, 1.165) is 42.6 Å². The van der Waals surface area contributed by atoms with Crippen LogP contribution in [0.25, 0.3) is 17.0 Å². The van der Waals surface area contributed by atoms with Crippen molar-refractivity contribution in [3.05, 3.63) is 30.0 Å². The van der Waals surface area contributed by atoms with Gasteiger partial charge in [-0.2, -0.15) is 0 Å². The van der Waals surface area contributed by atoms with Gasteiger partial charge in [-0.05, 0) is 44.0 Å². The lowest BCUT2D eigenvalue weighted by Gasteiger charge is -2.14. The van der Waals surface area contributed by atoms with E-state index in [4.69, 9.17) is 9.47 Å². The molecule has 0 bridgehead atoms. The van der Waals surface area contributed by atoms with Crippen LogP contribution in [0.2, 0.25) is 0 Å². The number of ether oxygens (including phenoxy) is 2. The number of H-pyrrole nitrogens is 1. The molecule has 0 aliphatic heterocycles. The third-order valence-corrected chi connectivity index (χ3v) is 5.14. The van der Waals surface area contributed by atoms with Gasteiger partial charge < -0.3 is 14.8 Å². The lowest BCUT2D eigenvalue weighted by Crippen LogP contribution is -2.22. The number of nitrogens with zero attached hydrogens (tertiary/aromatic N) is 3. The zero-order chi connectivity index (χ0) is 21.5. The number of hydrogen-bond acceptors (Lipinski definition) is 5. The molecule has 0 radical (unpaired) electrons. The fraction of sp³-hybridized carbons (Fsp3) is 0.500. The number of nitrogens with one attached hydrogen (secondary N) is 2. The van der Waals surface area contributed by atoms with E-state index in [0.29, 0.717) is 30.4 Å². The van der Waals surface area contributed by atoms with Crippen LogP contribution in [0.15, 0.2) is 24.3 Å². The number of aromatic nitrogens is 4. The van der Waals surface area contributed by atoms with Gasteiger partial charge in [-0.3, -0.25) is 9.89 Å². The normalized spacial score (nSPS) is 12.3. The number of methoxy groups -OCH3 is 1. The van der Waals surface area contributed by atoms with Crippen molar-refractivity contribution in [3.8, 4) is 17.1 Å². The molecular weight excluding hydrogens is 382 g/mol. The summed E-state index contributed by atoms with van der Waals surface area (Å²) in [5.41, 5.74) is 3.14. The number of amides is 1. The molecule has 0 aliphatic rings. The summed E-state index contributed by atoms with van der Waals surface area (Å²) < 4.78 is 12.4. The molecule has 3 aromatic rings. The van der Waals surface area contributed by atoms with Crippen LogP contribution in [0.4, 0.5) is 5.69 Å². The van der Waals surface area contributed by atoms with Crippen LogP contribution in [0.5, 0.6) is 5.75 Å². The van der Waals surface area contributed by atoms with Crippen LogP contribution < -0.4 is 10.1 Å². The molecule has 2 heterocycles. The Morgan fingerprint density at radius 1 is 1.23 bits per heavy atom. The Morgan fingerprint density at radius 3 is 2.67 bits per heavy atom. The minimum Gasteiger partial charge on any atom is -0.485 e. The van der Waals surface area contributed by atoms with Crippen LogP contribution in [-0.2, 0) is 9.53 Å². The zero-order valence-corrected chi connectivity index (χ0v) is 18.2. The van der Waals surface area contributed by atoms with E-state index in [1.165, 1.54) is 0 Å². The molecule has 1 aromatic carbocycles. The Morgan fingerprint density at radius 2 is 2.00 bits per heavy atom. The molecular formula is C22H31N5O3. The van der Waals surface area contributed by atoms with Crippen LogP contribution in [0, 0.1) is 12.8 Å². The number of unbranched alkanes of at least 4 members (excludes halogenated alkanes) is 1. The highest BCUT2D eigenvalue weighted by molar-refractivity contribution is 5.92. The van der Waals surface area contributed by atoms with Crippen molar-refractivity contribution in [2.24, 2.45) is 5.92 Å². The maximum absolute atomic E-state index is 12.5. The fourth-order valence-corrected chi connectivity index (χ4v) is 3.35. The summed E-state index contributed by atoms with van der Waals surface area (Å²) in [7, 11) is 1.64. The van der Waals surface area contributed by atoms with Crippen molar-refractivity contribution in [3.63, 3.8) is 0 Å². The maximum atomic E-state index is 12.5. The molecule has 1 unspecified atom stereocenters. The summed E-state index contributed by atoms with van der Waals surface area (Å²) in [5.74, 6) is 1.40. The SMILES string of the molecule is CCCCC(CC)C(=O)Nc1ccc(-c2nc3c(OCCOC)c(C)[nH]n3n2)cc1. The highest BCUT2D eigenvalue weighted by Crippen LogP contribution is 2.26. The largest absolute Gasteiger partial charge is 0.485 e. The second kappa shape index (κ2) is 10.2. The van der Waals surface area contributed by atoms with Crippen LogP contribution in [-0.4, -0.2) is 46.0 Å². The summed E-state index contributed by atoms with van der Waals surface area (Å²) in [6.45, 7) is 7.06. The first kappa shape index (κ1) is 21.8. The first-order valence-electron chi connectivity index (χ1n) is 10.6. The molecule has 0 saturated carbocycles. The molecule has 3 rings (SSSR count). The summed E-state index contributed by atoms with van der Waals surface area (Å²) in [4.78, 5) is 17.1. The van der Waals surface area contributed by atoms with E-state index in [-0.39, 0.29) is 11.8 Å². The lowest BCUT2D eigenvalue weighted by molar-refractivity contribution is -0.120. The number of fused-ring (bicyclic) bond motifs is 1. The summed E-state index contributed by atoms with van der Waals surface area (Å²) in [6, 6.07) is 7.60. The minimum absolute atomic E-state index is 0.0556. The van der Waals surface area contributed by atoms with Gasteiger partial charge in [-0.1, -0.05) is 26.7 Å². The average molecular weight is 414 g/mol. The number of carbonyl (C=O) groups excluding carboxylic acids is 1. The van der Waals surface area contributed by atoms with Gasteiger partial charge in [0.15, 0.2) is 11.6 Å². The molecule has 0 spiro atoms. The fourth-order valence-electron chi connectivity index (χ4n) is 3.35. The second-order valence-electron chi connectivity index (χ2n) is 7.39. The first-order valence-corrected chi connectivity index (χ1v) is 10.6. The number of aryl methyl sites for hydroxylation is 1. The average Bonchev–Trinajstić information content (AvgIpc) is 3.27. The van der Waals surface area contributed by atoms with Gasteiger partial charge in [0, 0.05) is 24.3 Å². The third kappa shape index (κ3) is 4.99. The van der Waals surface area contributed by atoms with Crippen molar-refractivity contribution in [1.82, 2.24) is 19.8 Å². The molecule has 162 valence electrons. The molecule has 1 atom stereocenters. The van der Waals surface area contributed by atoms with Crippen LogP contribution in [0.3, 0.4) is 0 Å². The maximum Gasteiger partial charge on any atom is 0.227 e. The monoisotopic (exact) mass is 413 g/mol. The Kier molecular flexibility index (Phi) is 7.46.